The SMILES string of the molecule is CC(CO)n1ncnc1-c1nc2c(s1)CCOc1cc(-c3cnn(CC(C)(C)O)c3)ccc1-2. The number of hydrogen-bond acceptors (Lipinski definition) is 8. The van der Waals surface area contributed by atoms with Crippen LogP contribution in [-0.4, -0.2) is 58.6 Å². The highest BCUT2D eigenvalue weighted by atomic mass is 32.1. The molecule has 0 bridgehead atoms. The minimum absolute atomic E-state index is 0.0206. The molecule has 0 spiro atoms. The van der Waals surface area contributed by atoms with E-state index in [2.05, 4.69) is 15.2 Å². The molecule has 33 heavy (non-hydrogen) atoms. The first-order chi connectivity index (χ1) is 15.8. The minimum atomic E-state index is -0.835. The molecule has 4 heterocycles. The monoisotopic (exact) mass is 466 g/mol. The Morgan fingerprint density at radius 1 is 1.24 bits per heavy atom. The maximum Gasteiger partial charge on any atom is 0.187 e. The minimum Gasteiger partial charge on any atom is -0.492 e. The molecule has 2 N–H and O–H groups in total. The summed E-state index contributed by atoms with van der Waals surface area (Å²) in [6, 6.07) is 5.91. The maximum atomic E-state index is 10.1. The first-order valence-corrected chi connectivity index (χ1v) is 11.7. The van der Waals surface area contributed by atoms with Crippen LogP contribution in [0.1, 0.15) is 31.7 Å². The Kier molecular flexibility index (Phi) is 5.51. The largest absolute Gasteiger partial charge is 0.492 e. The van der Waals surface area contributed by atoms with Gasteiger partial charge in [-0.1, -0.05) is 6.07 Å². The quantitative estimate of drug-likeness (QED) is 0.449. The summed E-state index contributed by atoms with van der Waals surface area (Å²) in [7, 11) is 0. The maximum absolute atomic E-state index is 10.1. The van der Waals surface area contributed by atoms with Gasteiger partial charge >= 0.3 is 0 Å². The predicted octanol–water partition coefficient (Wildman–Crippen LogP) is 3.19. The summed E-state index contributed by atoms with van der Waals surface area (Å²) in [5.74, 6) is 1.44. The van der Waals surface area contributed by atoms with Crippen LogP contribution < -0.4 is 4.74 Å². The second-order valence-corrected chi connectivity index (χ2v) is 9.98. The molecule has 1 atom stereocenters. The summed E-state index contributed by atoms with van der Waals surface area (Å²) in [5, 5.41) is 29.0. The third-order valence-electron chi connectivity index (χ3n) is 5.48. The van der Waals surface area contributed by atoms with Gasteiger partial charge in [0.2, 0.25) is 0 Å². The smallest absolute Gasteiger partial charge is 0.187 e. The van der Waals surface area contributed by atoms with Gasteiger partial charge in [-0.2, -0.15) is 10.2 Å². The molecule has 4 aromatic rings. The van der Waals surface area contributed by atoms with E-state index in [0.29, 0.717) is 19.0 Å². The normalized spacial score (nSPS) is 14.3. The van der Waals surface area contributed by atoms with Crippen molar-refractivity contribution in [1.82, 2.24) is 29.5 Å². The van der Waals surface area contributed by atoms with Crippen LogP contribution in [-0.2, 0) is 13.0 Å². The summed E-state index contributed by atoms with van der Waals surface area (Å²) in [5.41, 5.74) is 2.96. The molecule has 1 unspecified atom stereocenters. The zero-order chi connectivity index (χ0) is 23.2. The number of rotatable bonds is 6. The van der Waals surface area contributed by atoms with Gasteiger partial charge in [-0.05, 0) is 38.5 Å². The van der Waals surface area contributed by atoms with Gasteiger partial charge in [0.25, 0.3) is 0 Å². The van der Waals surface area contributed by atoms with E-state index in [-0.39, 0.29) is 12.6 Å². The Hall–Kier alpha value is -3.08. The summed E-state index contributed by atoms with van der Waals surface area (Å²) in [6.07, 6.45) is 5.98. The molecule has 0 fully saturated rings. The highest BCUT2D eigenvalue weighted by Crippen LogP contribution is 2.41. The summed E-state index contributed by atoms with van der Waals surface area (Å²) >= 11 is 1.59. The Morgan fingerprint density at radius 2 is 2.09 bits per heavy atom. The first kappa shape index (κ1) is 21.7. The van der Waals surface area contributed by atoms with E-state index < -0.39 is 5.60 Å². The van der Waals surface area contributed by atoms with Gasteiger partial charge in [-0.15, -0.1) is 11.3 Å². The van der Waals surface area contributed by atoms with Crippen LogP contribution in [0.15, 0.2) is 36.9 Å². The van der Waals surface area contributed by atoms with Crippen molar-refractivity contribution >= 4 is 11.3 Å². The van der Waals surface area contributed by atoms with E-state index in [1.807, 2.05) is 31.3 Å². The molecule has 0 saturated heterocycles. The highest BCUT2D eigenvalue weighted by Gasteiger charge is 2.24. The number of fused-ring (bicyclic) bond motifs is 3. The number of aromatic nitrogens is 6. The Labute approximate surface area is 195 Å². The molecular formula is C23H26N6O3S. The molecular weight excluding hydrogens is 440 g/mol. The van der Waals surface area contributed by atoms with Crippen LogP contribution in [0.4, 0.5) is 0 Å². The van der Waals surface area contributed by atoms with E-state index in [1.54, 1.807) is 40.7 Å². The van der Waals surface area contributed by atoms with Crippen molar-refractivity contribution in [2.24, 2.45) is 0 Å². The third kappa shape index (κ3) is 4.29. The predicted molar refractivity (Wildman–Crippen MR) is 125 cm³/mol. The van der Waals surface area contributed by atoms with Gasteiger partial charge in [0.15, 0.2) is 10.8 Å². The second-order valence-electron chi connectivity index (χ2n) is 8.90. The number of hydrogen-bond donors (Lipinski definition) is 2. The molecule has 1 aromatic carbocycles. The number of benzene rings is 1. The zero-order valence-electron chi connectivity index (χ0n) is 18.8. The summed E-state index contributed by atoms with van der Waals surface area (Å²) < 4.78 is 9.54. The molecule has 3 aromatic heterocycles. The lowest BCUT2D eigenvalue weighted by atomic mass is 10.0. The van der Waals surface area contributed by atoms with Gasteiger partial charge in [-0.3, -0.25) is 4.68 Å². The van der Waals surface area contributed by atoms with Gasteiger partial charge < -0.3 is 14.9 Å². The van der Waals surface area contributed by atoms with Gasteiger partial charge in [0.1, 0.15) is 12.1 Å². The first-order valence-electron chi connectivity index (χ1n) is 10.9. The van der Waals surface area contributed by atoms with Crippen LogP contribution in [0.2, 0.25) is 0 Å². The van der Waals surface area contributed by atoms with E-state index in [1.165, 1.54) is 6.33 Å². The molecule has 0 radical (unpaired) electrons. The highest BCUT2D eigenvalue weighted by molar-refractivity contribution is 7.15. The van der Waals surface area contributed by atoms with Crippen LogP contribution in [0.25, 0.3) is 33.2 Å². The lowest BCUT2D eigenvalue weighted by molar-refractivity contribution is 0.0577. The molecule has 5 rings (SSSR count). The molecule has 10 heteroatoms. The average Bonchev–Trinajstić information content (AvgIpc) is 3.50. The van der Waals surface area contributed by atoms with Crippen LogP contribution in [0, 0.1) is 0 Å². The summed E-state index contributed by atoms with van der Waals surface area (Å²) in [4.78, 5) is 10.4. The Balaban J connectivity index is 1.49. The van der Waals surface area contributed by atoms with Gasteiger partial charge in [-0.25, -0.2) is 14.6 Å². The number of nitrogens with zero attached hydrogens (tertiary/aromatic N) is 6. The Bertz CT molecular complexity index is 1290. The van der Waals surface area contributed by atoms with Crippen molar-refractivity contribution < 1.29 is 14.9 Å². The molecule has 0 saturated carbocycles. The fourth-order valence-electron chi connectivity index (χ4n) is 3.90. The van der Waals surface area contributed by atoms with Gasteiger partial charge in [0, 0.05) is 28.6 Å². The van der Waals surface area contributed by atoms with Crippen LogP contribution in [0.5, 0.6) is 5.75 Å². The van der Waals surface area contributed by atoms with Crippen molar-refractivity contribution in [2.45, 2.75) is 45.4 Å². The molecule has 0 aliphatic carbocycles. The van der Waals surface area contributed by atoms with Crippen LogP contribution in [0.3, 0.4) is 0 Å². The third-order valence-corrected chi connectivity index (χ3v) is 6.59. The van der Waals surface area contributed by atoms with Crippen molar-refractivity contribution in [3.8, 4) is 39.0 Å². The van der Waals surface area contributed by atoms with E-state index in [9.17, 15) is 10.2 Å². The van der Waals surface area contributed by atoms with Crippen molar-refractivity contribution in [1.29, 1.82) is 0 Å². The van der Waals surface area contributed by atoms with Crippen molar-refractivity contribution in [2.75, 3.05) is 13.2 Å². The lowest BCUT2D eigenvalue weighted by Crippen LogP contribution is -2.26. The van der Waals surface area contributed by atoms with Crippen molar-refractivity contribution in [3.05, 3.63) is 41.8 Å². The van der Waals surface area contributed by atoms with E-state index in [0.717, 1.165) is 44.4 Å². The lowest BCUT2D eigenvalue weighted by Gasteiger charge is -2.16. The van der Waals surface area contributed by atoms with Crippen molar-refractivity contribution in [3.63, 3.8) is 0 Å². The van der Waals surface area contributed by atoms with E-state index >= 15 is 0 Å². The number of thiazole rings is 1. The summed E-state index contributed by atoms with van der Waals surface area (Å²) in [6.45, 7) is 6.37. The van der Waals surface area contributed by atoms with Crippen LogP contribution >= 0.6 is 11.3 Å². The standard InChI is InChI=1S/C23H26N6O3S/c1-14(11-30)29-21(24-13-26-29)22-27-20-17-5-4-15(8-18(17)32-7-6-19(20)33-22)16-9-25-28(10-16)12-23(2,3)31/h4-5,8-10,13-14,30-31H,6-7,11-12H2,1-3H3. The molecule has 172 valence electrons. The average molecular weight is 467 g/mol. The molecule has 9 nitrogen and oxygen atoms in total. The van der Waals surface area contributed by atoms with Gasteiger partial charge in [0.05, 0.1) is 43.3 Å². The number of aliphatic hydroxyl groups is 2. The number of ether oxygens (including phenoxy) is 1. The Morgan fingerprint density at radius 3 is 2.88 bits per heavy atom. The fraction of sp³-hybridized carbons (Fsp3) is 0.391. The van der Waals surface area contributed by atoms with E-state index in [4.69, 9.17) is 9.72 Å². The molecule has 1 aliphatic heterocycles. The molecule has 0 amide bonds. The topological polar surface area (TPSA) is 111 Å². The fourth-order valence-corrected chi connectivity index (χ4v) is 4.94. The molecule has 1 aliphatic rings. The second kappa shape index (κ2) is 8.36. The number of aliphatic hydroxyl groups excluding tert-OH is 1. The zero-order valence-corrected chi connectivity index (χ0v) is 19.6.